The van der Waals surface area contributed by atoms with Gasteiger partial charge in [-0.15, -0.1) is 0 Å². The maximum atomic E-state index is 8.82. The van der Waals surface area contributed by atoms with Crippen LogP contribution in [-0.2, 0) is 7.05 Å². The first-order chi connectivity index (χ1) is 9.02. The summed E-state index contributed by atoms with van der Waals surface area (Å²) in [7, 11) is 1.77. The molecule has 0 aliphatic rings. The maximum Gasteiger partial charge on any atom is 0.232 e. The number of pyridine rings is 1. The Morgan fingerprint density at radius 3 is 2.79 bits per heavy atom. The molecule has 7 nitrogen and oxygen atoms in total. The molecule has 0 bridgehead atoms. The average Bonchev–Trinajstić information content (AvgIpc) is 2.67. The molecule has 3 N–H and O–H groups in total. The number of nitrogens with two attached hydrogens (primary N) is 1. The van der Waals surface area contributed by atoms with Crippen LogP contribution in [0.25, 0.3) is 0 Å². The molecule has 0 aromatic carbocycles. The van der Waals surface area contributed by atoms with Crippen LogP contribution >= 0.6 is 0 Å². The summed E-state index contributed by atoms with van der Waals surface area (Å²) in [6, 6.07) is 3.54. The molecule has 7 heteroatoms. The first kappa shape index (κ1) is 12.9. The largest absolute Gasteiger partial charge is 0.420 e. The van der Waals surface area contributed by atoms with E-state index in [1.165, 1.54) is 0 Å². The van der Waals surface area contributed by atoms with Crippen LogP contribution in [0.5, 0.6) is 11.8 Å². The molecule has 0 aliphatic carbocycles. The molecular formula is C12H15N5O2. The van der Waals surface area contributed by atoms with Crippen LogP contribution in [0.4, 0.5) is 0 Å². The minimum atomic E-state index is -0.0421. The van der Waals surface area contributed by atoms with Crippen molar-refractivity contribution in [3.63, 3.8) is 0 Å². The van der Waals surface area contributed by atoms with Crippen LogP contribution < -0.4 is 10.5 Å². The van der Waals surface area contributed by atoms with Crippen molar-refractivity contribution in [2.75, 3.05) is 0 Å². The second-order valence-electron chi connectivity index (χ2n) is 4.14. The molecule has 100 valence electrons. The zero-order chi connectivity index (χ0) is 14.0. The number of nitrogens with zero attached hydrogens (tertiary/aromatic N) is 4. The monoisotopic (exact) mass is 261 g/mol. The van der Waals surface area contributed by atoms with Crippen LogP contribution in [0.15, 0.2) is 23.5 Å². The van der Waals surface area contributed by atoms with Crippen molar-refractivity contribution < 1.29 is 9.94 Å². The summed E-state index contributed by atoms with van der Waals surface area (Å²) in [5.41, 5.74) is 7.75. The molecular weight excluding hydrogens is 246 g/mol. The van der Waals surface area contributed by atoms with E-state index in [2.05, 4.69) is 15.2 Å². The average molecular weight is 261 g/mol. The van der Waals surface area contributed by atoms with Crippen molar-refractivity contribution in [3.05, 3.63) is 35.2 Å². The Morgan fingerprint density at radius 1 is 1.47 bits per heavy atom. The van der Waals surface area contributed by atoms with Gasteiger partial charge in [-0.2, -0.15) is 5.10 Å². The quantitative estimate of drug-likeness (QED) is 0.376. The molecule has 0 unspecified atom stereocenters. The van der Waals surface area contributed by atoms with E-state index in [1.54, 1.807) is 30.1 Å². The van der Waals surface area contributed by atoms with Gasteiger partial charge in [-0.25, -0.2) is 9.67 Å². The van der Waals surface area contributed by atoms with E-state index in [4.69, 9.17) is 15.7 Å². The second kappa shape index (κ2) is 4.97. The number of aryl methyl sites for hydroxylation is 3. The highest BCUT2D eigenvalue weighted by atomic mass is 16.5. The van der Waals surface area contributed by atoms with Crippen molar-refractivity contribution >= 4 is 5.84 Å². The van der Waals surface area contributed by atoms with Gasteiger partial charge in [0.2, 0.25) is 11.8 Å². The molecule has 0 fully saturated rings. The lowest BCUT2D eigenvalue weighted by Gasteiger charge is -2.10. The Morgan fingerprint density at radius 2 is 2.21 bits per heavy atom. The van der Waals surface area contributed by atoms with E-state index in [0.717, 1.165) is 11.3 Å². The summed E-state index contributed by atoms with van der Waals surface area (Å²) in [5, 5.41) is 16.0. The molecule has 0 saturated heterocycles. The Hall–Kier alpha value is -2.57. The van der Waals surface area contributed by atoms with Crippen molar-refractivity contribution in [2.24, 2.45) is 17.9 Å². The lowest BCUT2D eigenvalue weighted by Crippen LogP contribution is -2.16. The van der Waals surface area contributed by atoms with Gasteiger partial charge in [0.05, 0.1) is 11.3 Å². The highest BCUT2D eigenvalue weighted by Gasteiger charge is 2.15. The summed E-state index contributed by atoms with van der Waals surface area (Å²) in [5.74, 6) is 0.764. The Labute approximate surface area is 110 Å². The van der Waals surface area contributed by atoms with Crippen LogP contribution in [0.2, 0.25) is 0 Å². The molecule has 2 aromatic heterocycles. The number of oxime groups is 1. The summed E-state index contributed by atoms with van der Waals surface area (Å²) in [6.07, 6.45) is 1.60. The predicted molar refractivity (Wildman–Crippen MR) is 69.5 cm³/mol. The first-order valence-electron chi connectivity index (χ1n) is 5.65. The van der Waals surface area contributed by atoms with Crippen molar-refractivity contribution in [1.82, 2.24) is 14.8 Å². The molecule has 2 rings (SSSR count). The predicted octanol–water partition coefficient (Wildman–Crippen LogP) is 1.32. The number of aromatic nitrogens is 3. The summed E-state index contributed by atoms with van der Waals surface area (Å²) >= 11 is 0. The molecule has 19 heavy (non-hydrogen) atoms. The van der Waals surface area contributed by atoms with Crippen LogP contribution in [0.1, 0.15) is 16.8 Å². The lowest BCUT2D eigenvalue weighted by molar-refractivity contribution is 0.318. The van der Waals surface area contributed by atoms with Gasteiger partial charge in [0.1, 0.15) is 0 Å². The normalized spacial score (nSPS) is 11.6. The van der Waals surface area contributed by atoms with Gasteiger partial charge in [-0.05, 0) is 25.5 Å². The fourth-order valence-electron chi connectivity index (χ4n) is 1.75. The molecule has 2 heterocycles. The third kappa shape index (κ3) is 2.49. The zero-order valence-electron chi connectivity index (χ0n) is 11.0. The third-order valence-electron chi connectivity index (χ3n) is 2.65. The van der Waals surface area contributed by atoms with Gasteiger partial charge < -0.3 is 15.7 Å². The van der Waals surface area contributed by atoms with Crippen LogP contribution in [-0.4, -0.2) is 25.8 Å². The SMILES string of the molecule is Cc1cc(Oc2nccc(C)c2/C(N)=N/O)n(C)n1. The molecule has 0 atom stereocenters. The third-order valence-corrected chi connectivity index (χ3v) is 2.65. The lowest BCUT2D eigenvalue weighted by atomic mass is 10.1. The highest BCUT2D eigenvalue weighted by molar-refractivity contribution is 6.00. The molecule has 2 aromatic rings. The van der Waals surface area contributed by atoms with Gasteiger partial charge in [0, 0.05) is 19.3 Å². The molecule has 0 saturated carbocycles. The summed E-state index contributed by atoms with van der Waals surface area (Å²) in [4.78, 5) is 4.12. The molecule has 0 spiro atoms. The van der Waals surface area contributed by atoms with Crippen LogP contribution in [0, 0.1) is 13.8 Å². The topological polar surface area (TPSA) is 98.5 Å². The smallest absolute Gasteiger partial charge is 0.232 e. The fourth-order valence-corrected chi connectivity index (χ4v) is 1.75. The number of rotatable bonds is 3. The Kier molecular flexibility index (Phi) is 3.37. The van der Waals surface area contributed by atoms with E-state index >= 15 is 0 Å². The van der Waals surface area contributed by atoms with E-state index in [-0.39, 0.29) is 11.7 Å². The zero-order valence-corrected chi connectivity index (χ0v) is 11.0. The number of ether oxygens (including phenoxy) is 1. The first-order valence-corrected chi connectivity index (χ1v) is 5.65. The van der Waals surface area contributed by atoms with Gasteiger partial charge in [0.25, 0.3) is 0 Å². The number of hydrogen-bond acceptors (Lipinski definition) is 5. The van der Waals surface area contributed by atoms with Gasteiger partial charge in [-0.1, -0.05) is 5.16 Å². The molecule has 0 radical (unpaired) electrons. The minimum absolute atomic E-state index is 0.0421. The van der Waals surface area contributed by atoms with Gasteiger partial charge in [-0.3, -0.25) is 0 Å². The molecule has 0 aliphatic heterocycles. The minimum Gasteiger partial charge on any atom is -0.420 e. The summed E-state index contributed by atoms with van der Waals surface area (Å²) in [6.45, 7) is 3.69. The van der Waals surface area contributed by atoms with Gasteiger partial charge >= 0.3 is 0 Å². The van der Waals surface area contributed by atoms with Crippen LogP contribution in [0.3, 0.4) is 0 Å². The van der Waals surface area contributed by atoms with Crippen molar-refractivity contribution in [3.8, 4) is 11.8 Å². The Bertz CT molecular complexity index is 633. The van der Waals surface area contributed by atoms with E-state index < -0.39 is 0 Å². The molecule has 0 amide bonds. The van der Waals surface area contributed by atoms with Gasteiger partial charge in [0.15, 0.2) is 5.84 Å². The van der Waals surface area contributed by atoms with E-state index in [1.807, 2.05) is 13.8 Å². The Balaban J connectivity index is 2.46. The fraction of sp³-hybridized carbons (Fsp3) is 0.250. The standard InChI is InChI=1S/C12H15N5O2/c1-7-4-5-14-12(10(7)11(13)16-18)19-9-6-8(2)15-17(9)3/h4-6,18H,1-3H3,(H2,13,16). The second-order valence-corrected chi connectivity index (χ2v) is 4.14. The number of amidine groups is 1. The van der Waals surface area contributed by atoms with Crippen molar-refractivity contribution in [2.45, 2.75) is 13.8 Å². The van der Waals surface area contributed by atoms with E-state index in [0.29, 0.717) is 11.4 Å². The van der Waals surface area contributed by atoms with E-state index in [9.17, 15) is 0 Å². The summed E-state index contributed by atoms with van der Waals surface area (Å²) < 4.78 is 7.27. The number of hydrogen-bond donors (Lipinski definition) is 2. The highest BCUT2D eigenvalue weighted by Crippen LogP contribution is 2.25. The maximum absolute atomic E-state index is 8.82. The van der Waals surface area contributed by atoms with Crippen molar-refractivity contribution in [1.29, 1.82) is 0 Å².